The van der Waals surface area contributed by atoms with Gasteiger partial charge in [0.1, 0.15) is 5.82 Å². The minimum Gasteiger partial charge on any atom is -0.344 e. The summed E-state index contributed by atoms with van der Waals surface area (Å²) in [4.78, 5) is 20.3. The second-order valence-corrected chi connectivity index (χ2v) is 6.07. The van der Waals surface area contributed by atoms with Crippen molar-refractivity contribution in [1.82, 2.24) is 19.7 Å². The molecule has 4 rings (SSSR count). The summed E-state index contributed by atoms with van der Waals surface area (Å²) in [5, 5.41) is 3.19. The first-order valence-corrected chi connectivity index (χ1v) is 7.58. The van der Waals surface area contributed by atoms with Gasteiger partial charge in [-0.3, -0.25) is 4.79 Å². The number of nitrogens with zero attached hydrogens (tertiary/aromatic N) is 2. The Morgan fingerprint density at radius 2 is 2.27 bits per heavy atom. The molecule has 1 saturated carbocycles. The number of hydrogen-bond donors (Lipinski definition) is 2. The maximum absolute atomic E-state index is 12.6. The van der Waals surface area contributed by atoms with Crippen LogP contribution in [0.4, 0.5) is 0 Å². The number of hydrogen-bond acceptors (Lipinski definition) is 2. The summed E-state index contributed by atoms with van der Waals surface area (Å²) in [5.41, 5.74) is 2.38. The normalized spacial score (nSPS) is 16.4. The van der Waals surface area contributed by atoms with Crippen LogP contribution >= 0.6 is 0 Å². The minimum atomic E-state index is -0.334. The lowest BCUT2D eigenvalue weighted by molar-refractivity contribution is 0.0810. The molecule has 1 aliphatic carbocycles. The van der Waals surface area contributed by atoms with Crippen LogP contribution in [0, 0.1) is 6.92 Å². The van der Waals surface area contributed by atoms with Gasteiger partial charge >= 0.3 is 0 Å². The van der Waals surface area contributed by atoms with E-state index >= 15 is 0 Å². The number of aromatic nitrogens is 3. The van der Waals surface area contributed by atoms with Crippen molar-refractivity contribution in [3.05, 3.63) is 59.9 Å². The minimum absolute atomic E-state index is 0.0440. The molecule has 0 aliphatic heterocycles. The van der Waals surface area contributed by atoms with Gasteiger partial charge in [0.2, 0.25) is 0 Å². The first kappa shape index (κ1) is 13.1. The molecule has 112 valence electrons. The number of nitrogens with one attached hydrogen (secondary N) is 2. The molecule has 1 amide bonds. The summed E-state index contributed by atoms with van der Waals surface area (Å²) in [6.45, 7) is 1.98. The Labute approximate surface area is 128 Å². The van der Waals surface area contributed by atoms with Gasteiger partial charge in [-0.2, -0.15) is 0 Å². The first-order valence-electron chi connectivity index (χ1n) is 7.58. The van der Waals surface area contributed by atoms with E-state index in [1.54, 1.807) is 0 Å². The number of amides is 1. The molecule has 0 spiro atoms. The fourth-order valence-corrected chi connectivity index (χ4v) is 3.08. The molecule has 22 heavy (non-hydrogen) atoms. The molecule has 0 aromatic carbocycles. The van der Waals surface area contributed by atoms with E-state index in [2.05, 4.69) is 15.3 Å². The van der Waals surface area contributed by atoms with E-state index in [1.165, 1.54) is 0 Å². The zero-order chi connectivity index (χ0) is 15.2. The van der Waals surface area contributed by atoms with Crippen LogP contribution in [0.25, 0.3) is 5.52 Å². The largest absolute Gasteiger partial charge is 0.344 e. The van der Waals surface area contributed by atoms with Crippen LogP contribution in [0.2, 0.25) is 0 Å². The fourth-order valence-electron chi connectivity index (χ4n) is 3.08. The standard InChI is InChI=1S/C17H18N4O/c1-12-10-18-16(19-12)17(6-4-7-17)20-15(22)13-9-14-5-2-3-8-21(14)11-13/h2-3,5,8-11H,4,6-7H2,1H3,(H,18,19)(H,20,22). The molecule has 5 heteroatoms. The average Bonchev–Trinajstić information content (AvgIpc) is 3.08. The predicted molar refractivity (Wildman–Crippen MR) is 83.7 cm³/mol. The van der Waals surface area contributed by atoms with Gasteiger partial charge in [-0.15, -0.1) is 0 Å². The number of H-pyrrole nitrogens is 1. The van der Waals surface area contributed by atoms with Gasteiger partial charge < -0.3 is 14.7 Å². The molecule has 1 aliphatic rings. The van der Waals surface area contributed by atoms with Gasteiger partial charge in [-0.1, -0.05) is 6.07 Å². The maximum Gasteiger partial charge on any atom is 0.253 e. The molecular weight excluding hydrogens is 276 g/mol. The van der Waals surface area contributed by atoms with Crippen molar-refractivity contribution in [2.75, 3.05) is 0 Å². The third-order valence-electron chi connectivity index (χ3n) is 4.48. The van der Waals surface area contributed by atoms with Gasteiger partial charge in [0.15, 0.2) is 0 Å². The Morgan fingerprint density at radius 3 is 2.91 bits per heavy atom. The Balaban J connectivity index is 1.62. The summed E-state index contributed by atoms with van der Waals surface area (Å²) < 4.78 is 1.96. The Hall–Kier alpha value is -2.56. The fraction of sp³-hybridized carbons (Fsp3) is 0.294. The highest BCUT2D eigenvalue weighted by atomic mass is 16.1. The lowest BCUT2D eigenvalue weighted by Gasteiger charge is -2.40. The van der Waals surface area contributed by atoms with E-state index in [1.807, 2.05) is 54.2 Å². The van der Waals surface area contributed by atoms with Crippen LogP contribution in [-0.4, -0.2) is 20.3 Å². The highest BCUT2D eigenvalue weighted by Crippen LogP contribution is 2.40. The molecular formula is C17H18N4O. The van der Waals surface area contributed by atoms with Crippen molar-refractivity contribution in [2.45, 2.75) is 31.7 Å². The number of pyridine rings is 1. The number of aromatic amines is 1. The molecule has 2 N–H and O–H groups in total. The third-order valence-corrected chi connectivity index (χ3v) is 4.48. The van der Waals surface area contributed by atoms with Crippen LogP contribution in [0.3, 0.4) is 0 Å². The van der Waals surface area contributed by atoms with E-state index in [0.717, 1.165) is 36.3 Å². The van der Waals surface area contributed by atoms with Crippen LogP contribution < -0.4 is 5.32 Å². The van der Waals surface area contributed by atoms with Crippen LogP contribution in [-0.2, 0) is 5.54 Å². The molecule has 1 fully saturated rings. The van der Waals surface area contributed by atoms with Gasteiger partial charge in [0.05, 0.1) is 11.1 Å². The van der Waals surface area contributed by atoms with Crippen molar-refractivity contribution in [3.8, 4) is 0 Å². The topological polar surface area (TPSA) is 62.2 Å². The average molecular weight is 294 g/mol. The monoisotopic (exact) mass is 294 g/mol. The number of carbonyl (C=O) groups excluding carboxylic acids is 1. The summed E-state index contributed by atoms with van der Waals surface area (Å²) in [6.07, 6.45) is 8.59. The van der Waals surface area contributed by atoms with Crippen molar-refractivity contribution in [3.63, 3.8) is 0 Å². The molecule has 3 heterocycles. The molecule has 0 saturated heterocycles. The number of imidazole rings is 1. The summed E-state index contributed by atoms with van der Waals surface area (Å²) in [6, 6.07) is 7.82. The number of rotatable bonds is 3. The van der Waals surface area contributed by atoms with Crippen molar-refractivity contribution in [2.24, 2.45) is 0 Å². The van der Waals surface area contributed by atoms with Crippen LogP contribution in [0.1, 0.15) is 41.1 Å². The van der Waals surface area contributed by atoms with Crippen LogP contribution in [0.5, 0.6) is 0 Å². The van der Waals surface area contributed by atoms with Gasteiger partial charge in [0.25, 0.3) is 5.91 Å². The van der Waals surface area contributed by atoms with Gasteiger partial charge in [-0.05, 0) is 44.4 Å². The second-order valence-electron chi connectivity index (χ2n) is 6.07. The quantitative estimate of drug-likeness (QED) is 0.780. The molecule has 0 atom stereocenters. The van der Waals surface area contributed by atoms with Crippen molar-refractivity contribution >= 4 is 11.4 Å². The number of carbonyl (C=O) groups is 1. The van der Waals surface area contributed by atoms with E-state index in [-0.39, 0.29) is 11.4 Å². The van der Waals surface area contributed by atoms with E-state index in [9.17, 15) is 4.79 Å². The van der Waals surface area contributed by atoms with Gasteiger partial charge in [0, 0.05) is 29.8 Å². The lowest BCUT2D eigenvalue weighted by atomic mass is 9.76. The van der Waals surface area contributed by atoms with E-state index in [0.29, 0.717) is 5.56 Å². The highest BCUT2D eigenvalue weighted by molar-refractivity contribution is 5.96. The zero-order valence-electron chi connectivity index (χ0n) is 12.5. The Morgan fingerprint density at radius 1 is 1.41 bits per heavy atom. The highest BCUT2D eigenvalue weighted by Gasteiger charge is 2.42. The lowest BCUT2D eigenvalue weighted by Crippen LogP contribution is -2.51. The smallest absolute Gasteiger partial charge is 0.253 e. The zero-order valence-corrected chi connectivity index (χ0v) is 12.5. The summed E-state index contributed by atoms with van der Waals surface area (Å²) in [5.74, 6) is 0.825. The third kappa shape index (κ3) is 2.01. The first-order chi connectivity index (χ1) is 10.7. The van der Waals surface area contributed by atoms with Crippen molar-refractivity contribution in [1.29, 1.82) is 0 Å². The second kappa shape index (κ2) is 4.73. The van der Waals surface area contributed by atoms with Gasteiger partial charge in [-0.25, -0.2) is 4.98 Å². The van der Waals surface area contributed by atoms with Crippen molar-refractivity contribution < 1.29 is 4.79 Å². The molecule has 5 nitrogen and oxygen atoms in total. The Kier molecular flexibility index (Phi) is 2.82. The Bertz CT molecular complexity index is 808. The molecule has 0 unspecified atom stereocenters. The summed E-state index contributed by atoms with van der Waals surface area (Å²) >= 11 is 0. The van der Waals surface area contributed by atoms with E-state index < -0.39 is 0 Å². The van der Waals surface area contributed by atoms with Crippen LogP contribution in [0.15, 0.2) is 42.9 Å². The molecule has 0 bridgehead atoms. The number of aryl methyl sites for hydroxylation is 1. The maximum atomic E-state index is 12.6. The molecule has 3 aromatic rings. The predicted octanol–water partition coefficient (Wildman–Crippen LogP) is 2.78. The molecule has 0 radical (unpaired) electrons. The summed E-state index contributed by atoms with van der Waals surface area (Å²) in [7, 11) is 0. The van der Waals surface area contributed by atoms with E-state index in [4.69, 9.17) is 0 Å². The molecule has 3 aromatic heterocycles. The number of fused-ring (bicyclic) bond motifs is 1. The SMILES string of the molecule is Cc1cnc(C2(NC(=O)c3cc4ccccn4c3)CCC2)[nH]1.